The largest absolute Gasteiger partial charge is 0.481 e. The lowest BCUT2D eigenvalue weighted by Gasteiger charge is -2.37. The number of aliphatic hydroxyl groups is 4. The minimum absolute atomic E-state index is 0.554. The molecule has 0 bridgehead atoms. The summed E-state index contributed by atoms with van der Waals surface area (Å²) >= 11 is 0. The van der Waals surface area contributed by atoms with Gasteiger partial charge in [-0.3, -0.25) is 4.79 Å². The second kappa shape index (κ2) is 4.20. The van der Waals surface area contributed by atoms with Gasteiger partial charge in [0.2, 0.25) is 0 Å². The summed E-state index contributed by atoms with van der Waals surface area (Å²) in [6, 6.07) is 0. The molecule has 5 atom stereocenters. The lowest BCUT2D eigenvalue weighted by atomic mass is 9.97. The van der Waals surface area contributed by atoms with Gasteiger partial charge in [0.25, 0.3) is 0 Å². The number of rotatable bonds is 2. The molecule has 1 aliphatic rings. The lowest BCUT2D eigenvalue weighted by molar-refractivity contribution is -0.282. The average molecular weight is 208 g/mol. The Hall–Kier alpha value is -0.730. The van der Waals surface area contributed by atoms with Crippen molar-refractivity contribution in [1.29, 1.82) is 0 Å². The van der Waals surface area contributed by atoms with Crippen LogP contribution in [0.5, 0.6) is 0 Å². The monoisotopic (exact) mass is 208 g/mol. The minimum Gasteiger partial charge on any atom is -0.481 e. The second-order valence-corrected chi connectivity index (χ2v) is 3.13. The molecule has 82 valence electrons. The Bertz CT molecular complexity index is 218. The standard InChI is InChI=1S/C7H12O7/c8-3(9)1-2-4(10)5(11)6(12)7(13)14-2/h2,4-7,10-13H,1H2,(H,8,9)/t2-,4+,5+,6-,7?/m1/s1. The normalized spacial score (nSPS) is 43.6. The van der Waals surface area contributed by atoms with Crippen molar-refractivity contribution in [3.8, 4) is 0 Å². The van der Waals surface area contributed by atoms with E-state index in [-0.39, 0.29) is 0 Å². The van der Waals surface area contributed by atoms with Crippen molar-refractivity contribution >= 4 is 5.97 Å². The number of carboxylic acids is 1. The predicted molar refractivity (Wildman–Crippen MR) is 41.2 cm³/mol. The SMILES string of the molecule is O=C(O)C[C@H]1OC(O)[C@H](O)[C@@H](O)[C@H]1O. The van der Waals surface area contributed by atoms with Gasteiger partial charge in [0, 0.05) is 0 Å². The molecule has 14 heavy (non-hydrogen) atoms. The van der Waals surface area contributed by atoms with Crippen molar-refractivity contribution in [2.45, 2.75) is 37.1 Å². The van der Waals surface area contributed by atoms with Crippen LogP contribution in [0.3, 0.4) is 0 Å². The molecular weight excluding hydrogens is 196 g/mol. The van der Waals surface area contributed by atoms with Crippen molar-refractivity contribution in [3.05, 3.63) is 0 Å². The van der Waals surface area contributed by atoms with Gasteiger partial charge in [0.1, 0.15) is 18.3 Å². The molecule has 0 spiro atoms. The fraction of sp³-hybridized carbons (Fsp3) is 0.857. The second-order valence-electron chi connectivity index (χ2n) is 3.13. The van der Waals surface area contributed by atoms with E-state index in [0.717, 1.165) is 0 Å². The molecule has 0 amide bonds. The van der Waals surface area contributed by atoms with E-state index in [0.29, 0.717) is 0 Å². The Kier molecular flexibility index (Phi) is 3.40. The molecule has 1 heterocycles. The highest BCUT2D eigenvalue weighted by molar-refractivity contribution is 5.67. The average Bonchev–Trinajstić information content (AvgIpc) is 2.10. The smallest absolute Gasteiger partial charge is 0.306 e. The molecule has 0 aromatic heterocycles. The molecule has 0 aliphatic carbocycles. The fourth-order valence-electron chi connectivity index (χ4n) is 1.27. The van der Waals surface area contributed by atoms with E-state index in [1.807, 2.05) is 0 Å². The summed E-state index contributed by atoms with van der Waals surface area (Å²) in [5.41, 5.74) is 0. The molecular formula is C7H12O7. The number of hydrogen-bond acceptors (Lipinski definition) is 6. The summed E-state index contributed by atoms with van der Waals surface area (Å²) in [5.74, 6) is -1.23. The van der Waals surface area contributed by atoms with Crippen LogP contribution in [-0.4, -0.2) is 62.2 Å². The van der Waals surface area contributed by atoms with E-state index >= 15 is 0 Å². The zero-order chi connectivity index (χ0) is 10.9. The van der Waals surface area contributed by atoms with Gasteiger partial charge in [-0.15, -0.1) is 0 Å². The maximum absolute atomic E-state index is 10.3. The van der Waals surface area contributed by atoms with E-state index in [1.54, 1.807) is 0 Å². The molecule has 1 aliphatic heterocycles. The number of aliphatic hydroxyl groups excluding tert-OH is 4. The van der Waals surface area contributed by atoms with Crippen LogP contribution in [0.1, 0.15) is 6.42 Å². The maximum Gasteiger partial charge on any atom is 0.306 e. The third kappa shape index (κ3) is 2.20. The van der Waals surface area contributed by atoms with Gasteiger partial charge >= 0.3 is 5.97 Å². The summed E-state index contributed by atoms with van der Waals surface area (Å²) in [4.78, 5) is 10.3. The molecule has 1 saturated heterocycles. The molecule has 0 aromatic carbocycles. The van der Waals surface area contributed by atoms with Crippen molar-refractivity contribution in [2.24, 2.45) is 0 Å². The fourth-order valence-corrected chi connectivity index (χ4v) is 1.27. The van der Waals surface area contributed by atoms with Gasteiger partial charge in [-0.2, -0.15) is 0 Å². The van der Waals surface area contributed by atoms with Crippen LogP contribution in [-0.2, 0) is 9.53 Å². The summed E-state index contributed by atoms with van der Waals surface area (Å²) in [5, 5.41) is 44.9. The van der Waals surface area contributed by atoms with E-state index in [4.69, 9.17) is 20.4 Å². The van der Waals surface area contributed by atoms with E-state index in [9.17, 15) is 9.90 Å². The molecule has 7 heteroatoms. The zero-order valence-corrected chi connectivity index (χ0v) is 7.15. The van der Waals surface area contributed by atoms with Crippen LogP contribution in [0.4, 0.5) is 0 Å². The van der Waals surface area contributed by atoms with Crippen LogP contribution in [0, 0.1) is 0 Å². The van der Waals surface area contributed by atoms with Gasteiger partial charge in [-0.05, 0) is 0 Å². The molecule has 1 unspecified atom stereocenters. The van der Waals surface area contributed by atoms with E-state index in [2.05, 4.69) is 4.74 Å². The van der Waals surface area contributed by atoms with Crippen LogP contribution in [0.25, 0.3) is 0 Å². The van der Waals surface area contributed by atoms with Crippen LogP contribution in [0.15, 0.2) is 0 Å². The van der Waals surface area contributed by atoms with Gasteiger partial charge in [-0.25, -0.2) is 0 Å². The number of aliphatic carboxylic acids is 1. The van der Waals surface area contributed by atoms with Gasteiger partial charge in [0.15, 0.2) is 6.29 Å². The Morgan fingerprint density at radius 1 is 1.07 bits per heavy atom. The first-order valence-corrected chi connectivity index (χ1v) is 4.03. The van der Waals surface area contributed by atoms with Crippen molar-refractivity contribution in [1.82, 2.24) is 0 Å². The topological polar surface area (TPSA) is 127 Å². The minimum atomic E-state index is -1.68. The van der Waals surface area contributed by atoms with E-state index < -0.39 is 43.1 Å². The Balaban J connectivity index is 2.65. The van der Waals surface area contributed by atoms with Gasteiger partial charge in [0.05, 0.1) is 12.5 Å². The molecule has 0 aromatic rings. The van der Waals surface area contributed by atoms with Gasteiger partial charge < -0.3 is 30.3 Å². The lowest BCUT2D eigenvalue weighted by Crippen LogP contribution is -2.57. The Labute approximate surface area is 79.2 Å². The van der Waals surface area contributed by atoms with Crippen LogP contribution < -0.4 is 0 Å². The molecule has 0 saturated carbocycles. The molecule has 7 nitrogen and oxygen atoms in total. The maximum atomic E-state index is 10.3. The van der Waals surface area contributed by atoms with Crippen LogP contribution in [0.2, 0.25) is 0 Å². The number of carbonyl (C=O) groups is 1. The van der Waals surface area contributed by atoms with Crippen LogP contribution >= 0.6 is 0 Å². The Morgan fingerprint density at radius 3 is 2.14 bits per heavy atom. The molecule has 1 fully saturated rings. The first-order valence-electron chi connectivity index (χ1n) is 4.03. The highest BCUT2D eigenvalue weighted by Gasteiger charge is 2.43. The molecule has 1 rings (SSSR count). The highest BCUT2D eigenvalue weighted by atomic mass is 16.6. The summed E-state index contributed by atoms with van der Waals surface area (Å²) in [6.45, 7) is 0. The zero-order valence-electron chi connectivity index (χ0n) is 7.15. The van der Waals surface area contributed by atoms with Crippen molar-refractivity contribution < 1.29 is 35.1 Å². The highest BCUT2D eigenvalue weighted by Crippen LogP contribution is 2.21. The first-order chi connectivity index (χ1) is 6.43. The quantitative estimate of drug-likeness (QED) is 0.333. The Morgan fingerprint density at radius 2 is 1.64 bits per heavy atom. The first kappa shape index (κ1) is 11.3. The van der Waals surface area contributed by atoms with Crippen molar-refractivity contribution in [2.75, 3.05) is 0 Å². The number of ether oxygens (including phenoxy) is 1. The summed E-state index contributed by atoms with van der Waals surface area (Å²) in [7, 11) is 0. The third-order valence-electron chi connectivity index (χ3n) is 2.06. The number of hydrogen-bond donors (Lipinski definition) is 5. The summed E-state index contributed by atoms with van der Waals surface area (Å²) in [6.07, 6.45) is -8.22. The number of carboxylic acid groups (broad SMARTS) is 1. The van der Waals surface area contributed by atoms with E-state index in [1.165, 1.54) is 0 Å². The van der Waals surface area contributed by atoms with Gasteiger partial charge in [-0.1, -0.05) is 0 Å². The molecule has 0 radical (unpaired) electrons. The molecule has 5 N–H and O–H groups in total. The summed E-state index contributed by atoms with van der Waals surface area (Å²) < 4.78 is 4.61. The third-order valence-corrected chi connectivity index (χ3v) is 2.06. The van der Waals surface area contributed by atoms with Crippen molar-refractivity contribution in [3.63, 3.8) is 0 Å². The predicted octanol–water partition coefficient (Wildman–Crippen LogP) is -2.74.